The molecule has 0 radical (unpaired) electrons. The summed E-state index contributed by atoms with van der Waals surface area (Å²) in [5.41, 5.74) is 6.10. The summed E-state index contributed by atoms with van der Waals surface area (Å²) in [6.45, 7) is 24.6. The molecule has 0 aromatic heterocycles. The normalized spacial score (nSPS) is 24.1. The van der Waals surface area contributed by atoms with Gasteiger partial charge in [-0.3, -0.25) is 0 Å². The van der Waals surface area contributed by atoms with E-state index in [1.807, 2.05) is 0 Å². The summed E-state index contributed by atoms with van der Waals surface area (Å²) in [6.07, 6.45) is 30.7. The Balaban J connectivity index is 1.52. The molecule has 2 rings (SSSR count). The number of hydrogen-bond donors (Lipinski definition) is 0. The second kappa shape index (κ2) is 17.4. The smallest absolute Gasteiger partial charge is 0.0142 e. The van der Waals surface area contributed by atoms with E-state index < -0.39 is 0 Å². The highest BCUT2D eigenvalue weighted by Crippen LogP contribution is 2.44. The maximum Gasteiger partial charge on any atom is -0.0142 e. The van der Waals surface area contributed by atoms with Gasteiger partial charge in [-0.1, -0.05) is 135 Å². The molecule has 0 amide bonds. The molecular weight excluding hydrogens is 480 g/mol. The van der Waals surface area contributed by atoms with Gasteiger partial charge in [0.15, 0.2) is 0 Å². The van der Waals surface area contributed by atoms with Crippen molar-refractivity contribution in [2.45, 2.75) is 178 Å². The summed E-state index contributed by atoms with van der Waals surface area (Å²) in [5, 5.41) is 0. The van der Waals surface area contributed by atoms with E-state index in [4.69, 9.17) is 0 Å². The lowest BCUT2D eigenvalue weighted by Crippen LogP contribution is -2.28. The number of allylic oxidation sites excluding steroid dienone is 6. The zero-order chi connectivity index (χ0) is 29.8. The van der Waals surface area contributed by atoms with Gasteiger partial charge in [0, 0.05) is 0 Å². The molecule has 0 aromatic rings. The van der Waals surface area contributed by atoms with Crippen molar-refractivity contribution in [3.63, 3.8) is 0 Å². The Labute approximate surface area is 253 Å². The minimum Gasteiger partial charge on any atom is -0.0883 e. The lowest BCUT2D eigenvalue weighted by molar-refractivity contribution is 0.192. The second-order valence-corrected chi connectivity index (χ2v) is 16.4. The lowest BCUT2D eigenvalue weighted by atomic mass is 9.66. The summed E-state index contributed by atoms with van der Waals surface area (Å²) in [6, 6.07) is 0. The fourth-order valence-corrected chi connectivity index (χ4v) is 8.10. The Morgan fingerprint density at radius 1 is 0.750 bits per heavy atom. The monoisotopic (exact) mass is 553 g/mol. The highest BCUT2D eigenvalue weighted by molar-refractivity contribution is 5.22. The van der Waals surface area contributed by atoms with Crippen LogP contribution in [0.1, 0.15) is 178 Å². The third kappa shape index (κ3) is 12.6. The third-order valence-electron chi connectivity index (χ3n) is 11.3. The van der Waals surface area contributed by atoms with Gasteiger partial charge in [0.2, 0.25) is 0 Å². The van der Waals surface area contributed by atoms with Crippen LogP contribution in [0.25, 0.3) is 0 Å². The molecule has 0 bridgehead atoms. The van der Waals surface area contributed by atoms with Crippen LogP contribution in [0.4, 0.5) is 0 Å². The largest absolute Gasteiger partial charge is 0.0883 e. The first-order valence-corrected chi connectivity index (χ1v) is 17.8. The van der Waals surface area contributed by atoms with Crippen molar-refractivity contribution in [1.29, 1.82) is 0 Å². The van der Waals surface area contributed by atoms with Crippen molar-refractivity contribution in [1.82, 2.24) is 0 Å². The zero-order valence-corrected chi connectivity index (χ0v) is 29.1. The predicted octanol–water partition coefficient (Wildman–Crippen LogP) is 13.7. The summed E-state index contributed by atoms with van der Waals surface area (Å²) < 4.78 is 0. The molecule has 0 heteroatoms. The average Bonchev–Trinajstić information content (AvgIpc) is 2.85. The Kier molecular flexibility index (Phi) is 15.4. The Hall–Kier alpha value is -0.780. The SMILES string of the molecule is CC1=CCCC(C)(C)C1CCC(C)CCCC(C)C/C=C/CC(C)CCCC(C)CCC1=C(C)CCCC1(C)C. The van der Waals surface area contributed by atoms with Crippen LogP contribution >= 0.6 is 0 Å². The van der Waals surface area contributed by atoms with Crippen LogP contribution in [0.5, 0.6) is 0 Å². The first kappa shape index (κ1) is 35.4. The van der Waals surface area contributed by atoms with Gasteiger partial charge in [-0.25, -0.2) is 0 Å². The van der Waals surface area contributed by atoms with Gasteiger partial charge in [0.05, 0.1) is 0 Å². The van der Waals surface area contributed by atoms with Gasteiger partial charge < -0.3 is 0 Å². The first-order valence-electron chi connectivity index (χ1n) is 17.8. The van der Waals surface area contributed by atoms with Crippen LogP contribution in [0.15, 0.2) is 34.9 Å². The number of rotatable bonds is 18. The van der Waals surface area contributed by atoms with E-state index in [-0.39, 0.29) is 0 Å². The van der Waals surface area contributed by atoms with Crippen molar-refractivity contribution in [2.24, 2.45) is 40.4 Å². The van der Waals surface area contributed by atoms with E-state index in [0.29, 0.717) is 10.8 Å². The molecule has 0 saturated carbocycles. The van der Waals surface area contributed by atoms with E-state index >= 15 is 0 Å². The van der Waals surface area contributed by atoms with Gasteiger partial charge in [-0.2, -0.15) is 0 Å². The summed E-state index contributed by atoms with van der Waals surface area (Å²) in [4.78, 5) is 0. The molecule has 5 atom stereocenters. The maximum atomic E-state index is 2.51. The zero-order valence-electron chi connectivity index (χ0n) is 29.1. The van der Waals surface area contributed by atoms with Crippen molar-refractivity contribution < 1.29 is 0 Å². The van der Waals surface area contributed by atoms with Crippen molar-refractivity contribution >= 4 is 0 Å². The molecule has 0 spiro atoms. The maximum absolute atomic E-state index is 2.51. The van der Waals surface area contributed by atoms with Crippen LogP contribution in [0.3, 0.4) is 0 Å². The van der Waals surface area contributed by atoms with Gasteiger partial charge in [0.25, 0.3) is 0 Å². The summed E-state index contributed by atoms with van der Waals surface area (Å²) in [5.74, 6) is 4.20. The van der Waals surface area contributed by atoms with Crippen LogP contribution in [-0.2, 0) is 0 Å². The standard InChI is InChI=1S/C40H72/c1-31(19-13-21-33(3)25-27-37-35(5)23-15-29-39(37,7)8)17-11-12-18-32(2)20-14-22-34(4)26-28-38-36(6)24-16-30-40(38,9)10/h11-12,23,31-34,37H,13-22,24-30H2,1-10H3/b12-11+. The molecular formula is C40H72. The molecule has 40 heavy (non-hydrogen) atoms. The van der Waals surface area contributed by atoms with Gasteiger partial charge in [-0.15, -0.1) is 0 Å². The molecule has 2 aliphatic carbocycles. The van der Waals surface area contributed by atoms with Crippen LogP contribution in [-0.4, -0.2) is 0 Å². The van der Waals surface area contributed by atoms with Gasteiger partial charge in [0.1, 0.15) is 0 Å². The lowest BCUT2D eigenvalue weighted by Gasteiger charge is -2.39. The van der Waals surface area contributed by atoms with E-state index in [2.05, 4.69) is 87.5 Å². The van der Waals surface area contributed by atoms with E-state index in [1.165, 1.54) is 109 Å². The van der Waals surface area contributed by atoms with Crippen molar-refractivity contribution in [3.05, 3.63) is 34.9 Å². The first-order chi connectivity index (χ1) is 18.8. The van der Waals surface area contributed by atoms with E-state index in [1.54, 1.807) is 16.7 Å². The molecule has 232 valence electrons. The highest BCUT2D eigenvalue weighted by atomic mass is 14.4. The quantitative estimate of drug-likeness (QED) is 0.148. The molecule has 0 fully saturated rings. The summed E-state index contributed by atoms with van der Waals surface area (Å²) in [7, 11) is 0. The van der Waals surface area contributed by atoms with E-state index in [0.717, 1.165) is 29.6 Å². The molecule has 0 heterocycles. The third-order valence-corrected chi connectivity index (χ3v) is 11.3. The molecule has 0 aliphatic heterocycles. The Bertz CT molecular complexity index is 802. The Morgan fingerprint density at radius 2 is 1.30 bits per heavy atom. The van der Waals surface area contributed by atoms with E-state index in [9.17, 15) is 0 Å². The topological polar surface area (TPSA) is 0 Å². The fraction of sp³-hybridized carbons (Fsp3) is 0.850. The minimum atomic E-state index is 0.446. The second-order valence-electron chi connectivity index (χ2n) is 16.4. The molecule has 0 nitrogen and oxygen atoms in total. The number of hydrogen-bond acceptors (Lipinski definition) is 0. The summed E-state index contributed by atoms with van der Waals surface area (Å²) >= 11 is 0. The van der Waals surface area contributed by atoms with Gasteiger partial charge in [-0.05, 0) is 118 Å². The van der Waals surface area contributed by atoms with Crippen molar-refractivity contribution in [3.8, 4) is 0 Å². The minimum absolute atomic E-state index is 0.446. The average molecular weight is 553 g/mol. The fourth-order valence-electron chi connectivity index (χ4n) is 8.10. The van der Waals surface area contributed by atoms with Crippen LogP contribution < -0.4 is 0 Å². The van der Waals surface area contributed by atoms with Crippen molar-refractivity contribution in [2.75, 3.05) is 0 Å². The molecule has 2 aliphatic rings. The van der Waals surface area contributed by atoms with Crippen LogP contribution in [0.2, 0.25) is 0 Å². The molecule has 0 aromatic carbocycles. The molecule has 0 saturated heterocycles. The molecule has 0 N–H and O–H groups in total. The Morgan fingerprint density at radius 3 is 1.85 bits per heavy atom. The predicted molar refractivity (Wildman–Crippen MR) is 182 cm³/mol. The molecule has 5 unspecified atom stereocenters. The van der Waals surface area contributed by atoms with Gasteiger partial charge >= 0.3 is 0 Å². The highest BCUT2D eigenvalue weighted by Gasteiger charge is 2.32. The van der Waals surface area contributed by atoms with Crippen LogP contribution in [0, 0.1) is 40.4 Å².